The molecule has 0 atom stereocenters. The zero-order chi connectivity index (χ0) is 16.1. The molecule has 2 aromatic heterocycles. The van der Waals surface area contributed by atoms with Gasteiger partial charge in [0, 0.05) is 45.0 Å². The minimum atomic E-state index is 0.418. The van der Waals surface area contributed by atoms with Gasteiger partial charge in [-0.3, -0.25) is 0 Å². The normalized spacial score (nSPS) is 16.0. The number of hydrogen-bond acceptors (Lipinski definition) is 6. The van der Waals surface area contributed by atoms with Gasteiger partial charge in [0.1, 0.15) is 12.3 Å². The molecule has 0 aliphatic carbocycles. The first-order chi connectivity index (χ1) is 11.3. The Bertz CT molecular complexity index is 647. The van der Waals surface area contributed by atoms with E-state index in [2.05, 4.69) is 29.7 Å². The van der Waals surface area contributed by atoms with Crippen LogP contribution in [0.2, 0.25) is 0 Å². The molecular formula is C15H21N7O. The van der Waals surface area contributed by atoms with E-state index in [9.17, 15) is 0 Å². The monoisotopic (exact) mass is 315 g/mol. The maximum absolute atomic E-state index is 6.08. The van der Waals surface area contributed by atoms with Crippen molar-refractivity contribution < 1.29 is 4.42 Å². The molecule has 0 spiro atoms. The van der Waals surface area contributed by atoms with E-state index < -0.39 is 0 Å². The van der Waals surface area contributed by atoms with Crippen molar-refractivity contribution in [2.45, 2.75) is 19.9 Å². The van der Waals surface area contributed by atoms with Crippen molar-refractivity contribution in [1.29, 1.82) is 0 Å². The number of anilines is 1. The molecule has 1 aliphatic rings. The Morgan fingerprint density at radius 2 is 1.96 bits per heavy atom. The summed E-state index contributed by atoms with van der Waals surface area (Å²) in [5.74, 6) is 2.76. The van der Waals surface area contributed by atoms with Crippen LogP contribution < -0.4 is 10.6 Å². The summed E-state index contributed by atoms with van der Waals surface area (Å²) in [5, 5.41) is 0. The Morgan fingerprint density at radius 3 is 2.61 bits per heavy atom. The SMILES string of the molecule is CCc1ncc(CN=C(N)N2CCN(c3ncccn3)CC2)o1. The van der Waals surface area contributed by atoms with Gasteiger partial charge in [-0.25, -0.2) is 19.9 Å². The van der Waals surface area contributed by atoms with Gasteiger partial charge in [0.2, 0.25) is 5.95 Å². The van der Waals surface area contributed by atoms with E-state index in [4.69, 9.17) is 10.2 Å². The predicted octanol–water partition coefficient (Wildman–Crippen LogP) is 0.664. The fraction of sp³-hybridized carbons (Fsp3) is 0.467. The van der Waals surface area contributed by atoms with Crippen molar-refractivity contribution in [3.63, 3.8) is 0 Å². The van der Waals surface area contributed by atoms with Gasteiger partial charge < -0.3 is 20.0 Å². The number of aromatic nitrogens is 3. The number of guanidine groups is 1. The van der Waals surface area contributed by atoms with Crippen molar-refractivity contribution >= 4 is 11.9 Å². The molecule has 8 nitrogen and oxygen atoms in total. The number of aliphatic imine (C=N–C) groups is 1. The smallest absolute Gasteiger partial charge is 0.225 e. The number of aryl methyl sites for hydroxylation is 1. The average Bonchev–Trinajstić information content (AvgIpc) is 3.09. The summed E-state index contributed by atoms with van der Waals surface area (Å²) < 4.78 is 5.53. The molecule has 1 saturated heterocycles. The van der Waals surface area contributed by atoms with Crippen LogP contribution in [0.3, 0.4) is 0 Å². The standard InChI is InChI=1S/C15H21N7O/c1-2-13-19-10-12(23-13)11-20-14(16)21-6-8-22(9-7-21)15-17-4-3-5-18-15/h3-5,10H,2,6-9,11H2,1H3,(H2,16,20). The maximum atomic E-state index is 6.08. The molecule has 0 saturated carbocycles. The molecule has 3 heterocycles. The molecule has 122 valence electrons. The van der Waals surface area contributed by atoms with Crippen molar-refractivity contribution in [3.05, 3.63) is 36.3 Å². The van der Waals surface area contributed by atoms with E-state index in [1.165, 1.54) is 0 Å². The van der Waals surface area contributed by atoms with Gasteiger partial charge in [-0.1, -0.05) is 6.92 Å². The molecule has 1 fully saturated rings. The lowest BCUT2D eigenvalue weighted by Crippen LogP contribution is -2.51. The van der Waals surface area contributed by atoms with Crippen LogP contribution in [-0.2, 0) is 13.0 Å². The Balaban J connectivity index is 1.53. The highest BCUT2D eigenvalue weighted by molar-refractivity contribution is 5.78. The number of nitrogens with zero attached hydrogens (tertiary/aromatic N) is 6. The third-order valence-electron chi connectivity index (χ3n) is 3.74. The lowest BCUT2D eigenvalue weighted by atomic mass is 10.3. The molecule has 0 radical (unpaired) electrons. The topological polar surface area (TPSA) is 96.7 Å². The Kier molecular flexibility index (Phi) is 4.70. The van der Waals surface area contributed by atoms with Crippen LogP contribution in [0.1, 0.15) is 18.6 Å². The van der Waals surface area contributed by atoms with Gasteiger partial charge in [-0.2, -0.15) is 0 Å². The summed E-state index contributed by atoms with van der Waals surface area (Å²) in [4.78, 5) is 21.3. The van der Waals surface area contributed by atoms with E-state index in [0.29, 0.717) is 12.5 Å². The van der Waals surface area contributed by atoms with Crippen LogP contribution in [0.15, 0.2) is 34.1 Å². The highest BCUT2D eigenvalue weighted by atomic mass is 16.4. The Labute approximate surface area is 135 Å². The third-order valence-corrected chi connectivity index (χ3v) is 3.74. The summed E-state index contributed by atoms with van der Waals surface area (Å²) in [7, 11) is 0. The largest absolute Gasteiger partial charge is 0.444 e. The van der Waals surface area contributed by atoms with Gasteiger partial charge in [0.05, 0.1) is 6.20 Å². The second-order valence-corrected chi connectivity index (χ2v) is 5.27. The number of rotatable bonds is 4. The first kappa shape index (κ1) is 15.3. The number of oxazole rings is 1. The van der Waals surface area contributed by atoms with E-state index in [1.54, 1.807) is 18.6 Å². The second kappa shape index (κ2) is 7.08. The zero-order valence-corrected chi connectivity index (χ0v) is 13.2. The minimum Gasteiger partial charge on any atom is -0.444 e. The summed E-state index contributed by atoms with van der Waals surface area (Å²) in [5.41, 5.74) is 6.08. The highest BCUT2D eigenvalue weighted by Crippen LogP contribution is 2.10. The van der Waals surface area contributed by atoms with Crippen LogP contribution in [0.5, 0.6) is 0 Å². The number of nitrogens with two attached hydrogens (primary N) is 1. The molecule has 0 bridgehead atoms. The summed E-state index contributed by atoms with van der Waals surface area (Å²) in [6.07, 6.45) is 6.00. The Morgan fingerprint density at radius 1 is 1.22 bits per heavy atom. The molecule has 8 heteroatoms. The summed E-state index contributed by atoms with van der Waals surface area (Å²) >= 11 is 0. The summed E-state index contributed by atoms with van der Waals surface area (Å²) in [6, 6.07) is 1.82. The van der Waals surface area contributed by atoms with Gasteiger partial charge >= 0.3 is 0 Å². The van der Waals surface area contributed by atoms with E-state index in [0.717, 1.165) is 50.2 Å². The predicted molar refractivity (Wildman–Crippen MR) is 87.0 cm³/mol. The van der Waals surface area contributed by atoms with Crippen molar-refractivity contribution in [1.82, 2.24) is 19.9 Å². The van der Waals surface area contributed by atoms with Crippen LogP contribution >= 0.6 is 0 Å². The van der Waals surface area contributed by atoms with E-state index in [-0.39, 0.29) is 0 Å². The number of piperazine rings is 1. The van der Waals surface area contributed by atoms with Gasteiger partial charge in [0.15, 0.2) is 11.9 Å². The maximum Gasteiger partial charge on any atom is 0.225 e. The van der Waals surface area contributed by atoms with Crippen LogP contribution in [0.25, 0.3) is 0 Å². The van der Waals surface area contributed by atoms with E-state index in [1.807, 2.05) is 13.0 Å². The fourth-order valence-electron chi connectivity index (χ4n) is 2.43. The number of hydrogen-bond donors (Lipinski definition) is 1. The van der Waals surface area contributed by atoms with Gasteiger partial charge in [0.25, 0.3) is 0 Å². The molecule has 0 amide bonds. The summed E-state index contributed by atoms with van der Waals surface area (Å²) in [6.45, 7) is 5.66. The molecule has 2 N–H and O–H groups in total. The fourth-order valence-corrected chi connectivity index (χ4v) is 2.43. The molecule has 2 aromatic rings. The lowest BCUT2D eigenvalue weighted by Gasteiger charge is -2.35. The first-order valence-electron chi connectivity index (χ1n) is 7.76. The zero-order valence-electron chi connectivity index (χ0n) is 13.2. The quantitative estimate of drug-likeness (QED) is 0.654. The molecular weight excluding hydrogens is 294 g/mol. The van der Waals surface area contributed by atoms with Crippen molar-refractivity contribution in [3.8, 4) is 0 Å². The van der Waals surface area contributed by atoms with Gasteiger partial charge in [-0.15, -0.1) is 0 Å². The van der Waals surface area contributed by atoms with Crippen LogP contribution in [0, 0.1) is 0 Å². The first-order valence-corrected chi connectivity index (χ1v) is 7.76. The molecule has 1 aliphatic heterocycles. The van der Waals surface area contributed by atoms with Crippen molar-refractivity contribution in [2.75, 3.05) is 31.1 Å². The van der Waals surface area contributed by atoms with Gasteiger partial charge in [-0.05, 0) is 6.07 Å². The molecule has 23 heavy (non-hydrogen) atoms. The molecule has 3 rings (SSSR count). The van der Waals surface area contributed by atoms with Crippen LogP contribution in [0.4, 0.5) is 5.95 Å². The average molecular weight is 315 g/mol. The van der Waals surface area contributed by atoms with Crippen molar-refractivity contribution in [2.24, 2.45) is 10.7 Å². The van der Waals surface area contributed by atoms with Crippen LogP contribution in [-0.4, -0.2) is 52.0 Å². The molecule has 0 unspecified atom stereocenters. The minimum absolute atomic E-state index is 0.418. The third kappa shape index (κ3) is 3.77. The lowest BCUT2D eigenvalue weighted by molar-refractivity contribution is 0.377. The highest BCUT2D eigenvalue weighted by Gasteiger charge is 2.19. The molecule has 0 aromatic carbocycles. The van der Waals surface area contributed by atoms with E-state index >= 15 is 0 Å². The Hall–Kier alpha value is -2.64. The second-order valence-electron chi connectivity index (χ2n) is 5.27.